The van der Waals surface area contributed by atoms with E-state index in [0.717, 1.165) is 22.5 Å². The Morgan fingerprint density at radius 3 is 2.61 bits per heavy atom. The second kappa shape index (κ2) is 3.67. The standard InChI is InChI=1S/C15H17N3/c1-9-6-7-18(3)15(9)14-8-11-10(2)12(16)4-5-13(11)17-14/h4-8,17H,16H2,1-3H3. The summed E-state index contributed by atoms with van der Waals surface area (Å²) >= 11 is 0. The molecule has 3 heteroatoms. The normalized spacial score (nSPS) is 11.3. The zero-order valence-electron chi connectivity index (χ0n) is 10.9. The first-order chi connectivity index (χ1) is 8.58. The Morgan fingerprint density at radius 1 is 1.17 bits per heavy atom. The summed E-state index contributed by atoms with van der Waals surface area (Å²) in [6.45, 7) is 4.19. The van der Waals surface area contributed by atoms with Crippen molar-refractivity contribution >= 4 is 16.6 Å². The molecule has 3 rings (SSSR count). The maximum atomic E-state index is 5.95. The molecule has 0 aliphatic heterocycles. The van der Waals surface area contributed by atoms with E-state index in [1.54, 1.807) is 0 Å². The molecule has 0 aliphatic carbocycles. The highest BCUT2D eigenvalue weighted by molar-refractivity contribution is 5.91. The topological polar surface area (TPSA) is 46.7 Å². The highest BCUT2D eigenvalue weighted by Gasteiger charge is 2.11. The number of H-pyrrole nitrogens is 1. The molecule has 0 bridgehead atoms. The quantitative estimate of drug-likeness (QED) is 0.628. The maximum Gasteiger partial charge on any atom is 0.0673 e. The Hall–Kier alpha value is -2.16. The molecular formula is C15H17N3. The van der Waals surface area contributed by atoms with Crippen molar-refractivity contribution in [1.82, 2.24) is 9.55 Å². The van der Waals surface area contributed by atoms with Gasteiger partial charge in [0, 0.05) is 29.8 Å². The number of rotatable bonds is 1. The number of aromatic amines is 1. The highest BCUT2D eigenvalue weighted by atomic mass is 14.9. The van der Waals surface area contributed by atoms with Crippen molar-refractivity contribution < 1.29 is 0 Å². The molecule has 2 heterocycles. The highest BCUT2D eigenvalue weighted by Crippen LogP contribution is 2.30. The fraction of sp³-hybridized carbons (Fsp3) is 0.200. The minimum Gasteiger partial charge on any atom is -0.398 e. The lowest BCUT2D eigenvalue weighted by molar-refractivity contribution is 0.930. The smallest absolute Gasteiger partial charge is 0.0673 e. The molecular weight excluding hydrogens is 222 g/mol. The summed E-state index contributed by atoms with van der Waals surface area (Å²) < 4.78 is 2.14. The predicted molar refractivity (Wildman–Crippen MR) is 76.6 cm³/mol. The van der Waals surface area contributed by atoms with Gasteiger partial charge in [-0.15, -0.1) is 0 Å². The molecule has 0 atom stereocenters. The third-order valence-corrected chi connectivity index (χ3v) is 3.64. The lowest BCUT2D eigenvalue weighted by Crippen LogP contribution is -1.90. The molecule has 3 N–H and O–H groups in total. The van der Waals surface area contributed by atoms with Crippen LogP contribution >= 0.6 is 0 Å². The summed E-state index contributed by atoms with van der Waals surface area (Å²) in [7, 11) is 2.06. The average molecular weight is 239 g/mol. The van der Waals surface area contributed by atoms with Crippen LogP contribution in [0, 0.1) is 13.8 Å². The van der Waals surface area contributed by atoms with Crippen LogP contribution in [0.4, 0.5) is 5.69 Å². The van der Waals surface area contributed by atoms with Crippen molar-refractivity contribution in [2.45, 2.75) is 13.8 Å². The van der Waals surface area contributed by atoms with Gasteiger partial charge in [0.15, 0.2) is 0 Å². The number of fused-ring (bicyclic) bond motifs is 1. The monoisotopic (exact) mass is 239 g/mol. The average Bonchev–Trinajstić information content (AvgIpc) is 2.88. The maximum absolute atomic E-state index is 5.95. The van der Waals surface area contributed by atoms with Crippen molar-refractivity contribution in [2.24, 2.45) is 7.05 Å². The van der Waals surface area contributed by atoms with Gasteiger partial charge in [-0.05, 0) is 49.2 Å². The first-order valence-electron chi connectivity index (χ1n) is 6.08. The largest absolute Gasteiger partial charge is 0.398 e. The van der Waals surface area contributed by atoms with Gasteiger partial charge < -0.3 is 15.3 Å². The van der Waals surface area contributed by atoms with Crippen LogP contribution in [-0.4, -0.2) is 9.55 Å². The number of aromatic nitrogens is 2. The first-order valence-corrected chi connectivity index (χ1v) is 6.08. The molecule has 0 unspecified atom stereocenters. The van der Waals surface area contributed by atoms with E-state index in [9.17, 15) is 0 Å². The lowest BCUT2D eigenvalue weighted by atomic mass is 10.1. The van der Waals surface area contributed by atoms with Crippen LogP contribution < -0.4 is 5.73 Å². The van der Waals surface area contributed by atoms with Crippen molar-refractivity contribution in [3.8, 4) is 11.4 Å². The summed E-state index contributed by atoms with van der Waals surface area (Å²) in [5, 5.41) is 1.20. The Bertz CT molecular complexity index is 712. The van der Waals surface area contributed by atoms with Crippen molar-refractivity contribution in [1.29, 1.82) is 0 Å². The Kier molecular flexibility index (Phi) is 2.23. The third-order valence-electron chi connectivity index (χ3n) is 3.64. The van der Waals surface area contributed by atoms with Crippen LogP contribution in [0.25, 0.3) is 22.3 Å². The SMILES string of the molecule is Cc1ccn(C)c1-c1cc2c(C)c(N)ccc2[nH]1. The summed E-state index contributed by atoms with van der Waals surface area (Å²) in [6, 6.07) is 8.31. The molecule has 18 heavy (non-hydrogen) atoms. The molecule has 1 aromatic carbocycles. The van der Waals surface area contributed by atoms with Gasteiger partial charge in [0.1, 0.15) is 0 Å². The number of nitrogens with one attached hydrogen (secondary N) is 1. The Labute approximate surface area is 106 Å². The van der Waals surface area contributed by atoms with E-state index in [2.05, 4.69) is 48.8 Å². The molecule has 3 aromatic rings. The van der Waals surface area contributed by atoms with Gasteiger partial charge in [-0.1, -0.05) is 0 Å². The summed E-state index contributed by atoms with van der Waals surface area (Å²) in [5.41, 5.74) is 12.7. The Balaban J connectivity index is 2.29. The molecule has 92 valence electrons. The summed E-state index contributed by atoms with van der Waals surface area (Å²) in [6.07, 6.45) is 2.08. The summed E-state index contributed by atoms with van der Waals surface area (Å²) in [5.74, 6) is 0. The lowest BCUT2D eigenvalue weighted by Gasteiger charge is -2.01. The van der Waals surface area contributed by atoms with Crippen molar-refractivity contribution in [2.75, 3.05) is 5.73 Å². The van der Waals surface area contributed by atoms with E-state index in [1.165, 1.54) is 16.6 Å². The van der Waals surface area contributed by atoms with Crippen LogP contribution in [0.2, 0.25) is 0 Å². The number of nitrogens with zero attached hydrogens (tertiary/aromatic N) is 1. The Morgan fingerprint density at radius 2 is 1.94 bits per heavy atom. The molecule has 0 saturated carbocycles. The number of nitrogens with two attached hydrogens (primary N) is 1. The fourth-order valence-electron chi connectivity index (χ4n) is 2.55. The fourth-order valence-corrected chi connectivity index (χ4v) is 2.55. The minimum absolute atomic E-state index is 0.844. The molecule has 0 saturated heterocycles. The van der Waals surface area contributed by atoms with Crippen LogP contribution in [0.15, 0.2) is 30.5 Å². The minimum atomic E-state index is 0.844. The number of aryl methyl sites for hydroxylation is 3. The van der Waals surface area contributed by atoms with Gasteiger partial charge in [-0.25, -0.2) is 0 Å². The van der Waals surface area contributed by atoms with Crippen LogP contribution in [0.3, 0.4) is 0 Å². The number of benzene rings is 1. The molecule has 0 radical (unpaired) electrons. The second-order valence-electron chi connectivity index (χ2n) is 4.88. The van der Waals surface area contributed by atoms with Gasteiger partial charge in [0.25, 0.3) is 0 Å². The van der Waals surface area contributed by atoms with Gasteiger partial charge in [-0.2, -0.15) is 0 Å². The van der Waals surface area contributed by atoms with E-state index in [-0.39, 0.29) is 0 Å². The van der Waals surface area contributed by atoms with E-state index in [4.69, 9.17) is 5.73 Å². The zero-order valence-corrected chi connectivity index (χ0v) is 10.9. The van der Waals surface area contributed by atoms with Crippen LogP contribution in [0.5, 0.6) is 0 Å². The van der Waals surface area contributed by atoms with E-state index < -0.39 is 0 Å². The van der Waals surface area contributed by atoms with Gasteiger partial charge in [0.2, 0.25) is 0 Å². The van der Waals surface area contributed by atoms with Gasteiger partial charge >= 0.3 is 0 Å². The molecule has 0 aliphatic rings. The number of anilines is 1. The molecule has 3 nitrogen and oxygen atoms in total. The number of hydrogen-bond acceptors (Lipinski definition) is 1. The van der Waals surface area contributed by atoms with E-state index in [0.29, 0.717) is 0 Å². The van der Waals surface area contributed by atoms with Crippen LogP contribution in [-0.2, 0) is 7.05 Å². The molecule has 0 amide bonds. The van der Waals surface area contributed by atoms with Gasteiger partial charge in [-0.3, -0.25) is 0 Å². The van der Waals surface area contributed by atoms with Crippen molar-refractivity contribution in [3.05, 3.63) is 41.6 Å². The van der Waals surface area contributed by atoms with Crippen LogP contribution in [0.1, 0.15) is 11.1 Å². The molecule has 2 aromatic heterocycles. The summed E-state index contributed by atoms with van der Waals surface area (Å²) in [4.78, 5) is 3.47. The third kappa shape index (κ3) is 1.44. The zero-order chi connectivity index (χ0) is 12.9. The number of hydrogen-bond donors (Lipinski definition) is 2. The number of nitrogen functional groups attached to an aromatic ring is 1. The van der Waals surface area contributed by atoms with E-state index >= 15 is 0 Å². The first kappa shape index (κ1) is 11.0. The molecule has 0 spiro atoms. The van der Waals surface area contributed by atoms with E-state index in [1.807, 2.05) is 12.1 Å². The van der Waals surface area contributed by atoms with Gasteiger partial charge in [0.05, 0.1) is 11.4 Å². The predicted octanol–water partition coefficient (Wildman–Crippen LogP) is 3.37. The molecule has 0 fully saturated rings. The second-order valence-corrected chi connectivity index (χ2v) is 4.88. The van der Waals surface area contributed by atoms with Crippen molar-refractivity contribution in [3.63, 3.8) is 0 Å².